The Labute approximate surface area is 175 Å². The van der Waals surface area contributed by atoms with Gasteiger partial charge < -0.3 is 14.6 Å². The van der Waals surface area contributed by atoms with Gasteiger partial charge in [0.15, 0.2) is 0 Å². The first-order valence-corrected chi connectivity index (χ1v) is 9.94. The lowest BCUT2D eigenvalue weighted by atomic mass is 10.2. The van der Waals surface area contributed by atoms with E-state index >= 15 is 0 Å². The summed E-state index contributed by atoms with van der Waals surface area (Å²) in [6, 6.07) is 14.9. The summed E-state index contributed by atoms with van der Waals surface area (Å²) < 4.78 is 10.9. The fraction of sp³-hybridized carbons (Fsp3) is 0.318. The molecule has 152 valence electrons. The molecule has 0 aliphatic heterocycles. The van der Waals surface area contributed by atoms with Gasteiger partial charge >= 0.3 is 0 Å². The average Bonchev–Trinajstić information content (AvgIpc) is 3.19. The molecule has 7 heteroatoms. The Morgan fingerprint density at radius 2 is 1.86 bits per heavy atom. The molecule has 1 aromatic heterocycles. The highest BCUT2D eigenvalue weighted by Crippen LogP contribution is 2.19. The van der Waals surface area contributed by atoms with Crippen molar-refractivity contribution >= 4 is 17.5 Å². The van der Waals surface area contributed by atoms with Crippen molar-refractivity contribution in [2.45, 2.75) is 33.2 Å². The van der Waals surface area contributed by atoms with Crippen molar-refractivity contribution < 1.29 is 14.1 Å². The minimum absolute atomic E-state index is 0.0728. The van der Waals surface area contributed by atoms with Crippen LogP contribution in [0.25, 0.3) is 11.4 Å². The van der Waals surface area contributed by atoms with E-state index in [9.17, 15) is 4.79 Å². The van der Waals surface area contributed by atoms with Crippen LogP contribution < -0.4 is 10.1 Å². The lowest BCUT2D eigenvalue weighted by Gasteiger charge is -2.09. The first kappa shape index (κ1) is 20.9. The molecule has 1 N–H and O–H groups in total. The smallest absolute Gasteiger partial charge is 0.227 e. The number of nitrogens with zero attached hydrogens (tertiary/aromatic N) is 2. The molecule has 0 fully saturated rings. The molecule has 6 nitrogen and oxygen atoms in total. The average molecular weight is 414 g/mol. The van der Waals surface area contributed by atoms with Gasteiger partial charge in [-0.25, -0.2) is 0 Å². The number of halogens is 1. The summed E-state index contributed by atoms with van der Waals surface area (Å²) in [4.78, 5) is 16.4. The van der Waals surface area contributed by atoms with Gasteiger partial charge in [-0.2, -0.15) is 4.98 Å². The third-order valence-electron chi connectivity index (χ3n) is 4.13. The number of nitrogens with one attached hydrogen (secondary N) is 1. The molecule has 1 amide bonds. The fourth-order valence-corrected chi connectivity index (χ4v) is 2.67. The number of hydrogen-bond donors (Lipinski definition) is 1. The topological polar surface area (TPSA) is 77.2 Å². The van der Waals surface area contributed by atoms with Crippen molar-refractivity contribution in [3.63, 3.8) is 0 Å². The van der Waals surface area contributed by atoms with E-state index in [-0.39, 0.29) is 12.3 Å². The second-order valence-electron chi connectivity index (χ2n) is 7.14. The van der Waals surface area contributed by atoms with Crippen molar-refractivity contribution in [2.75, 3.05) is 6.61 Å². The van der Waals surface area contributed by atoms with Crippen LogP contribution >= 0.6 is 11.6 Å². The summed E-state index contributed by atoms with van der Waals surface area (Å²) in [6.07, 6.45) is 0.659. The van der Waals surface area contributed by atoms with Gasteiger partial charge in [-0.1, -0.05) is 42.7 Å². The van der Waals surface area contributed by atoms with Crippen LogP contribution in [0.3, 0.4) is 0 Å². The van der Waals surface area contributed by atoms with E-state index in [4.69, 9.17) is 20.9 Å². The van der Waals surface area contributed by atoms with Gasteiger partial charge in [0, 0.05) is 30.0 Å². The number of carbonyl (C=O) groups excluding carboxylic acids is 1. The van der Waals surface area contributed by atoms with E-state index in [1.165, 1.54) is 0 Å². The van der Waals surface area contributed by atoms with Crippen LogP contribution in [0, 0.1) is 5.92 Å². The minimum atomic E-state index is -0.0728. The van der Waals surface area contributed by atoms with Gasteiger partial charge in [0.1, 0.15) is 5.75 Å². The van der Waals surface area contributed by atoms with E-state index in [0.29, 0.717) is 42.2 Å². The molecular weight excluding hydrogens is 390 g/mol. The zero-order valence-electron chi connectivity index (χ0n) is 16.5. The molecule has 0 unspecified atom stereocenters. The molecule has 0 radical (unpaired) electrons. The molecule has 0 spiro atoms. The summed E-state index contributed by atoms with van der Waals surface area (Å²) >= 11 is 5.88. The van der Waals surface area contributed by atoms with Crippen LogP contribution in [0.4, 0.5) is 0 Å². The number of ether oxygens (including phenoxy) is 1. The largest absolute Gasteiger partial charge is 0.493 e. The summed E-state index contributed by atoms with van der Waals surface area (Å²) in [6.45, 7) is 5.36. The van der Waals surface area contributed by atoms with E-state index in [1.54, 1.807) is 12.1 Å². The second kappa shape index (κ2) is 10.1. The molecule has 29 heavy (non-hydrogen) atoms. The predicted molar refractivity (Wildman–Crippen MR) is 112 cm³/mol. The summed E-state index contributed by atoms with van der Waals surface area (Å²) in [5, 5.41) is 7.49. The molecule has 0 saturated heterocycles. The van der Waals surface area contributed by atoms with Crippen molar-refractivity contribution in [1.29, 1.82) is 0 Å². The van der Waals surface area contributed by atoms with Crippen LogP contribution in [-0.2, 0) is 17.8 Å². The van der Waals surface area contributed by atoms with Crippen molar-refractivity contribution in [3.05, 3.63) is 65.0 Å². The second-order valence-corrected chi connectivity index (χ2v) is 7.58. The summed E-state index contributed by atoms with van der Waals surface area (Å²) in [5.74, 6) is 2.15. The Morgan fingerprint density at radius 1 is 1.14 bits per heavy atom. The van der Waals surface area contributed by atoms with Crippen molar-refractivity contribution in [1.82, 2.24) is 15.5 Å². The quantitative estimate of drug-likeness (QED) is 0.551. The Balaban J connectivity index is 1.43. The SMILES string of the molecule is CC(C)COc1ccc(CNC(=O)CCc2nc(-c3ccc(Cl)cc3)no2)cc1. The fourth-order valence-electron chi connectivity index (χ4n) is 2.55. The summed E-state index contributed by atoms with van der Waals surface area (Å²) in [5.41, 5.74) is 1.83. The molecule has 3 aromatic rings. The Morgan fingerprint density at radius 3 is 2.55 bits per heavy atom. The zero-order chi connectivity index (χ0) is 20.6. The molecule has 0 atom stereocenters. The number of benzene rings is 2. The monoisotopic (exact) mass is 413 g/mol. The van der Waals surface area contributed by atoms with Gasteiger partial charge in [0.25, 0.3) is 0 Å². The lowest BCUT2D eigenvalue weighted by Crippen LogP contribution is -2.23. The molecular formula is C22H24ClN3O3. The van der Waals surface area contributed by atoms with Crippen LogP contribution in [0.5, 0.6) is 5.75 Å². The number of aromatic nitrogens is 2. The maximum Gasteiger partial charge on any atom is 0.227 e. The Bertz CT molecular complexity index is 921. The first-order chi connectivity index (χ1) is 14.0. The lowest BCUT2D eigenvalue weighted by molar-refractivity contribution is -0.121. The minimum Gasteiger partial charge on any atom is -0.493 e. The Kier molecular flexibility index (Phi) is 7.25. The number of aryl methyl sites for hydroxylation is 1. The molecule has 0 bridgehead atoms. The molecule has 0 aliphatic rings. The number of amides is 1. The van der Waals surface area contributed by atoms with Crippen LogP contribution in [0.1, 0.15) is 31.7 Å². The van der Waals surface area contributed by atoms with Gasteiger partial charge in [-0.05, 0) is 47.9 Å². The number of carbonyl (C=O) groups is 1. The highest BCUT2D eigenvalue weighted by molar-refractivity contribution is 6.30. The van der Waals surface area contributed by atoms with Crippen molar-refractivity contribution in [2.24, 2.45) is 5.92 Å². The Hall–Kier alpha value is -2.86. The molecule has 2 aromatic carbocycles. The van der Waals surface area contributed by atoms with Crippen LogP contribution in [0.2, 0.25) is 5.02 Å². The normalized spacial score (nSPS) is 10.9. The molecule has 3 rings (SSSR count). The first-order valence-electron chi connectivity index (χ1n) is 9.56. The van der Waals surface area contributed by atoms with Gasteiger partial charge in [-0.3, -0.25) is 4.79 Å². The highest BCUT2D eigenvalue weighted by Gasteiger charge is 2.11. The standard InChI is InChI=1S/C22H24ClN3O3/c1-15(2)14-28-19-9-3-16(4-10-19)13-24-20(27)11-12-21-25-22(26-29-21)17-5-7-18(23)8-6-17/h3-10,15H,11-14H2,1-2H3,(H,24,27). The van der Waals surface area contributed by atoms with E-state index in [0.717, 1.165) is 16.9 Å². The van der Waals surface area contributed by atoms with Gasteiger partial charge in [0.2, 0.25) is 17.6 Å². The maximum atomic E-state index is 12.1. The van der Waals surface area contributed by atoms with E-state index in [1.807, 2.05) is 36.4 Å². The van der Waals surface area contributed by atoms with Crippen LogP contribution in [0.15, 0.2) is 53.1 Å². The van der Waals surface area contributed by atoms with Crippen LogP contribution in [-0.4, -0.2) is 22.7 Å². The maximum absolute atomic E-state index is 12.1. The third kappa shape index (κ3) is 6.61. The third-order valence-corrected chi connectivity index (χ3v) is 4.38. The predicted octanol–water partition coefficient (Wildman–Crippen LogP) is 4.67. The molecule has 1 heterocycles. The molecule has 0 saturated carbocycles. The van der Waals surface area contributed by atoms with E-state index < -0.39 is 0 Å². The molecule has 0 aliphatic carbocycles. The number of rotatable bonds is 9. The zero-order valence-corrected chi connectivity index (χ0v) is 17.3. The van der Waals surface area contributed by atoms with Gasteiger partial charge in [0.05, 0.1) is 6.61 Å². The van der Waals surface area contributed by atoms with Crippen molar-refractivity contribution in [3.8, 4) is 17.1 Å². The van der Waals surface area contributed by atoms with Gasteiger partial charge in [-0.15, -0.1) is 0 Å². The summed E-state index contributed by atoms with van der Waals surface area (Å²) in [7, 11) is 0. The van der Waals surface area contributed by atoms with E-state index in [2.05, 4.69) is 29.3 Å². The highest BCUT2D eigenvalue weighted by atomic mass is 35.5. The number of hydrogen-bond acceptors (Lipinski definition) is 5.